The van der Waals surface area contributed by atoms with E-state index in [9.17, 15) is 13.2 Å². The van der Waals surface area contributed by atoms with E-state index in [4.69, 9.17) is 9.47 Å². The molecule has 0 saturated heterocycles. The Morgan fingerprint density at radius 2 is 1.71 bits per heavy atom. The SMILES string of the molecule is COc1ccc(NS(=O)(=O)c2cc(C(=O)OC(C)C)ccc2NC2CCCCC2)cc1. The van der Waals surface area contributed by atoms with Crippen LogP contribution in [0.5, 0.6) is 5.75 Å². The minimum absolute atomic E-state index is 0.0205. The van der Waals surface area contributed by atoms with E-state index in [-0.39, 0.29) is 22.6 Å². The number of esters is 1. The molecule has 0 atom stereocenters. The fourth-order valence-electron chi connectivity index (χ4n) is 3.61. The molecule has 0 aliphatic heterocycles. The van der Waals surface area contributed by atoms with Gasteiger partial charge in [0.25, 0.3) is 10.0 Å². The van der Waals surface area contributed by atoms with Crippen LogP contribution in [-0.2, 0) is 14.8 Å². The maximum Gasteiger partial charge on any atom is 0.338 e. The highest BCUT2D eigenvalue weighted by molar-refractivity contribution is 7.92. The average molecular weight is 447 g/mol. The fraction of sp³-hybridized carbons (Fsp3) is 0.435. The van der Waals surface area contributed by atoms with E-state index < -0.39 is 16.0 Å². The van der Waals surface area contributed by atoms with Crippen LogP contribution in [0, 0.1) is 0 Å². The predicted molar refractivity (Wildman–Crippen MR) is 121 cm³/mol. The highest BCUT2D eigenvalue weighted by atomic mass is 32.2. The molecule has 0 heterocycles. The zero-order valence-electron chi connectivity index (χ0n) is 18.2. The quantitative estimate of drug-likeness (QED) is 0.566. The molecule has 1 fully saturated rings. The number of nitrogens with one attached hydrogen (secondary N) is 2. The monoisotopic (exact) mass is 446 g/mol. The summed E-state index contributed by atoms with van der Waals surface area (Å²) in [5.74, 6) is 0.0705. The lowest BCUT2D eigenvalue weighted by Crippen LogP contribution is -2.25. The standard InChI is InChI=1S/C23H30N2O5S/c1-16(2)30-23(26)17-9-14-21(24-18-7-5-4-6-8-18)22(15-17)31(27,28)25-19-10-12-20(29-3)13-11-19/h9-16,18,24-25H,4-8H2,1-3H3. The summed E-state index contributed by atoms with van der Waals surface area (Å²) in [5, 5.41) is 3.38. The highest BCUT2D eigenvalue weighted by Gasteiger charge is 2.24. The number of carbonyl (C=O) groups is 1. The van der Waals surface area contributed by atoms with Gasteiger partial charge in [-0.2, -0.15) is 0 Å². The number of hydrogen-bond acceptors (Lipinski definition) is 6. The lowest BCUT2D eigenvalue weighted by molar-refractivity contribution is 0.0377. The van der Waals surface area contributed by atoms with Gasteiger partial charge in [-0.1, -0.05) is 19.3 Å². The van der Waals surface area contributed by atoms with E-state index in [2.05, 4.69) is 10.0 Å². The summed E-state index contributed by atoms with van der Waals surface area (Å²) in [7, 11) is -2.41. The number of rotatable bonds is 8. The number of carbonyl (C=O) groups excluding carboxylic acids is 1. The van der Waals surface area contributed by atoms with Crippen molar-refractivity contribution in [3.63, 3.8) is 0 Å². The zero-order chi connectivity index (χ0) is 22.4. The predicted octanol–water partition coefficient (Wildman–Crippen LogP) is 4.81. The molecule has 8 heteroatoms. The van der Waals surface area contributed by atoms with Gasteiger partial charge in [-0.25, -0.2) is 13.2 Å². The lowest BCUT2D eigenvalue weighted by Gasteiger charge is -2.25. The van der Waals surface area contributed by atoms with Crippen molar-refractivity contribution in [1.29, 1.82) is 0 Å². The summed E-state index contributed by atoms with van der Waals surface area (Å²) in [6.07, 6.45) is 5.10. The summed E-state index contributed by atoms with van der Waals surface area (Å²) in [5.41, 5.74) is 1.08. The maximum absolute atomic E-state index is 13.3. The van der Waals surface area contributed by atoms with Crippen LogP contribution >= 0.6 is 0 Å². The molecule has 2 aromatic carbocycles. The minimum atomic E-state index is -3.96. The van der Waals surface area contributed by atoms with Crippen molar-refractivity contribution in [3.8, 4) is 5.75 Å². The van der Waals surface area contributed by atoms with E-state index in [0.717, 1.165) is 25.7 Å². The maximum atomic E-state index is 13.3. The molecule has 1 aliphatic rings. The Bertz CT molecular complexity index is 997. The molecule has 31 heavy (non-hydrogen) atoms. The van der Waals surface area contributed by atoms with Crippen molar-refractivity contribution in [2.24, 2.45) is 0 Å². The third-order valence-corrected chi connectivity index (χ3v) is 6.58. The Morgan fingerprint density at radius 3 is 2.32 bits per heavy atom. The van der Waals surface area contributed by atoms with Gasteiger partial charge in [-0.05, 0) is 69.2 Å². The van der Waals surface area contributed by atoms with Gasteiger partial charge >= 0.3 is 5.97 Å². The summed E-state index contributed by atoms with van der Waals surface area (Å²) in [6.45, 7) is 3.50. The Balaban J connectivity index is 1.94. The molecule has 0 spiro atoms. The minimum Gasteiger partial charge on any atom is -0.497 e. The molecule has 0 aromatic heterocycles. The molecule has 0 bridgehead atoms. The van der Waals surface area contributed by atoms with Gasteiger partial charge in [0.05, 0.1) is 24.5 Å². The first-order valence-corrected chi connectivity index (χ1v) is 12.1. The third kappa shape index (κ3) is 6.13. The van der Waals surface area contributed by atoms with Gasteiger partial charge in [-0.3, -0.25) is 4.72 Å². The zero-order valence-corrected chi connectivity index (χ0v) is 19.0. The summed E-state index contributed by atoms with van der Waals surface area (Å²) >= 11 is 0. The molecule has 0 amide bonds. The molecular formula is C23H30N2O5S. The van der Waals surface area contributed by atoms with Crippen molar-refractivity contribution in [1.82, 2.24) is 0 Å². The Labute approximate surface area is 184 Å². The van der Waals surface area contributed by atoms with Gasteiger partial charge in [0.1, 0.15) is 10.6 Å². The topological polar surface area (TPSA) is 93.7 Å². The van der Waals surface area contributed by atoms with Crippen molar-refractivity contribution < 1.29 is 22.7 Å². The Kier molecular flexibility index (Phi) is 7.43. The van der Waals surface area contributed by atoms with Gasteiger partial charge in [0, 0.05) is 11.7 Å². The molecule has 3 rings (SSSR count). The van der Waals surface area contributed by atoms with Crippen LogP contribution in [0.4, 0.5) is 11.4 Å². The molecule has 7 nitrogen and oxygen atoms in total. The van der Waals surface area contributed by atoms with Crippen LogP contribution in [0.15, 0.2) is 47.4 Å². The summed E-state index contributed by atoms with van der Waals surface area (Å²) in [6, 6.07) is 11.4. The molecule has 2 N–H and O–H groups in total. The van der Waals surface area contributed by atoms with E-state index >= 15 is 0 Å². The normalized spacial score (nSPS) is 14.8. The van der Waals surface area contributed by atoms with E-state index in [1.807, 2.05) is 0 Å². The van der Waals surface area contributed by atoms with Crippen molar-refractivity contribution in [3.05, 3.63) is 48.0 Å². The van der Waals surface area contributed by atoms with Crippen LogP contribution in [0.2, 0.25) is 0 Å². The Morgan fingerprint density at radius 1 is 1.03 bits per heavy atom. The van der Waals surface area contributed by atoms with Gasteiger partial charge in [0.2, 0.25) is 0 Å². The Hall–Kier alpha value is -2.74. The number of methoxy groups -OCH3 is 1. The first kappa shape index (κ1) is 22.9. The summed E-state index contributed by atoms with van der Waals surface area (Å²) in [4.78, 5) is 12.4. The first-order valence-electron chi connectivity index (χ1n) is 10.6. The number of ether oxygens (including phenoxy) is 2. The molecule has 1 saturated carbocycles. The highest BCUT2D eigenvalue weighted by Crippen LogP contribution is 2.29. The molecule has 168 valence electrons. The number of benzene rings is 2. The van der Waals surface area contributed by atoms with Crippen LogP contribution in [0.25, 0.3) is 0 Å². The molecule has 1 aliphatic carbocycles. The second-order valence-corrected chi connectivity index (χ2v) is 9.63. The first-order chi connectivity index (χ1) is 14.8. The van der Waals surface area contributed by atoms with Crippen molar-refractivity contribution in [2.75, 3.05) is 17.1 Å². The van der Waals surface area contributed by atoms with Gasteiger partial charge < -0.3 is 14.8 Å². The smallest absolute Gasteiger partial charge is 0.338 e. The molecule has 0 unspecified atom stereocenters. The van der Waals surface area contributed by atoms with E-state index in [0.29, 0.717) is 17.1 Å². The average Bonchev–Trinajstić information content (AvgIpc) is 2.74. The van der Waals surface area contributed by atoms with Crippen molar-refractivity contribution >= 4 is 27.4 Å². The third-order valence-electron chi connectivity index (χ3n) is 5.16. The number of anilines is 2. The van der Waals surface area contributed by atoms with Crippen molar-refractivity contribution in [2.45, 2.75) is 63.0 Å². The van der Waals surface area contributed by atoms with Gasteiger partial charge in [-0.15, -0.1) is 0 Å². The summed E-state index contributed by atoms with van der Waals surface area (Å²) < 4.78 is 39.5. The van der Waals surface area contributed by atoms with Crippen LogP contribution < -0.4 is 14.8 Å². The molecular weight excluding hydrogens is 416 g/mol. The number of sulfonamides is 1. The van der Waals surface area contributed by atoms with E-state index in [1.54, 1.807) is 57.4 Å². The second-order valence-electron chi connectivity index (χ2n) is 7.98. The lowest BCUT2D eigenvalue weighted by atomic mass is 9.95. The largest absolute Gasteiger partial charge is 0.497 e. The van der Waals surface area contributed by atoms with Crippen LogP contribution in [-0.4, -0.2) is 33.6 Å². The van der Waals surface area contributed by atoms with Gasteiger partial charge in [0.15, 0.2) is 0 Å². The van der Waals surface area contributed by atoms with Crippen LogP contribution in [0.3, 0.4) is 0 Å². The number of hydrogen-bond donors (Lipinski definition) is 2. The molecule has 0 radical (unpaired) electrons. The van der Waals surface area contributed by atoms with Crippen LogP contribution in [0.1, 0.15) is 56.3 Å². The van der Waals surface area contributed by atoms with E-state index in [1.165, 1.54) is 12.5 Å². The second kappa shape index (κ2) is 10.0. The fourth-order valence-corrected chi connectivity index (χ4v) is 4.86. The molecule has 2 aromatic rings.